The van der Waals surface area contributed by atoms with Gasteiger partial charge in [-0.25, -0.2) is 13.1 Å². The Balaban J connectivity index is 1.99. The average Bonchev–Trinajstić information content (AvgIpc) is 2.53. The van der Waals surface area contributed by atoms with E-state index >= 15 is 0 Å². The fourth-order valence-electron chi connectivity index (χ4n) is 2.68. The van der Waals surface area contributed by atoms with E-state index in [1.54, 1.807) is 12.1 Å². The van der Waals surface area contributed by atoms with Crippen molar-refractivity contribution < 1.29 is 13.2 Å². The lowest BCUT2D eigenvalue weighted by Gasteiger charge is -2.28. The summed E-state index contributed by atoms with van der Waals surface area (Å²) < 4.78 is 26.9. The van der Waals surface area contributed by atoms with Gasteiger partial charge in [0.15, 0.2) is 0 Å². The Morgan fingerprint density at radius 1 is 1.29 bits per heavy atom. The molecule has 0 bridgehead atoms. The van der Waals surface area contributed by atoms with E-state index in [2.05, 4.69) is 22.3 Å². The maximum atomic E-state index is 12.3. The van der Waals surface area contributed by atoms with E-state index in [-0.39, 0.29) is 22.8 Å². The minimum absolute atomic E-state index is 0.157. The molecule has 1 aliphatic heterocycles. The second-order valence-electron chi connectivity index (χ2n) is 6.82. The number of benzene rings is 1. The Morgan fingerprint density at radius 2 is 1.96 bits per heavy atom. The van der Waals surface area contributed by atoms with Crippen molar-refractivity contribution in [3.63, 3.8) is 0 Å². The van der Waals surface area contributed by atoms with Gasteiger partial charge >= 0.3 is 0 Å². The molecule has 2 atom stereocenters. The predicted octanol–water partition coefficient (Wildman–Crippen LogP) is 1.49. The monoisotopic (exact) mass is 353 g/mol. The van der Waals surface area contributed by atoms with Crippen LogP contribution in [0.25, 0.3) is 0 Å². The Labute approximate surface area is 144 Å². The third-order valence-corrected chi connectivity index (χ3v) is 5.51. The van der Waals surface area contributed by atoms with Crippen molar-refractivity contribution in [2.75, 3.05) is 13.1 Å². The summed E-state index contributed by atoms with van der Waals surface area (Å²) >= 11 is 0. The number of carbonyl (C=O) groups is 1. The van der Waals surface area contributed by atoms with Gasteiger partial charge in [0.1, 0.15) is 0 Å². The molecule has 0 radical (unpaired) electrons. The number of rotatable bonds is 6. The quantitative estimate of drug-likeness (QED) is 0.723. The summed E-state index contributed by atoms with van der Waals surface area (Å²) in [6.45, 7) is 7.26. The Morgan fingerprint density at radius 3 is 2.54 bits per heavy atom. The molecule has 2 unspecified atom stereocenters. The van der Waals surface area contributed by atoms with Crippen molar-refractivity contribution in [2.45, 2.75) is 50.6 Å². The highest BCUT2D eigenvalue weighted by Crippen LogP contribution is 2.13. The van der Waals surface area contributed by atoms with Gasteiger partial charge in [-0.2, -0.15) is 0 Å². The number of carbonyl (C=O) groups excluding carboxylic acids is 1. The third kappa shape index (κ3) is 5.29. The van der Waals surface area contributed by atoms with Crippen molar-refractivity contribution in [1.29, 1.82) is 0 Å². The molecule has 1 fully saturated rings. The molecule has 6 nitrogen and oxygen atoms in total. The van der Waals surface area contributed by atoms with Gasteiger partial charge in [0.2, 0.25) is 10.0 Å². The molecule has 1 amide bonds. The standard InChI is InChI=1S/C17H27N3O3S/c1-12(2)11-19-24(22,23)16-6-4-14(5-7-16)17(21)20-15-8-9-18-13(3)10-15/h4-7,12-13,15,18-19H,8-11H2,1-3H3,(H,20,21). The molecule has 1 aliphatic rings. The molecule has 1 aromatic rings. The summed E-state index contributed by atoms with van der Waals surface area (Å²) in [6.07, 6.45) is 1.80. The smallest absolute Gasteiger partial charge is 0.251 e. The minimum atomic E-state index is -3.52. The lowest BCUT2D eigenvalue weighted by Crippen LogP contribution is -2.46. The zero-order valence-electron chi connectivity index (χ0n) is 14.5. The molecule has 0 saturated carbocycles. The van der Waals surface area contributed by atoms with Crippen molar-refractivity contribution in [1.82, 2.24) is 15.4 Å². The van der Waals surface area contributed by atoms with E-state index in [0.717, 1.165) is 19.4 Å². The predicted molar refractivity (Wildman–Crippen MR) is 94.4 cm³/mol. The van der Waals surface area contributed by atoms with Crippen LogP contribution in [0.2, 0.25) is 0 Å². The fourth-order valence-corrected chi connectivity index (χ4v) is 3.89. The summed E-state index contributed by atoms with van der Waals surface area (Å²) in [4.78, 5) is 12.5. The maximum absolute atomic E-state index is 12.3. The third-order valence-electron chi connectivity index (χ3n) is 4.07. The second kappa shape index (κ2) is 8.09. The summed E-state index contributed by atoms with van der Waals surface area (Å²) in [6, 6.07) is 6.62. The molecule has 0 aromatic heterocycles. The zero-order valence-corrected chi connectivity index (χ0v) is 15.3. The number of piperidine rings is 1. The van der Waals surface area contributed by atoms with E-state index in [4.69, 9.17) is 0 Å². The molecule has 0 spiro atoms. The first-order valence-electron chi connectivity index (χ1n) is 8.42. The molecule has 1 aromatic carbocycles. The van der Waals surface area contributed by atoms with Crippen LogP contribution in [0.1, 0.15) is 44.0 Å². The molecular weight excluding hydrogens is 326 g/mol. The van der Waals surface area contributed by atoms with E-state index in [1.165, 1.54) is 12.1 Å². The van der Waals surface area contributed by atoms with Crippen LogP contribution in [-0.2, 0) is 10.0 Å². The van der Waals surface area contributed by atoms with Gasteiger partial charge < -0.3 is 10.6 Å². The van der Waals surface area contributed by atoms with Gasteiger partial charge in [0.05, 0.1) is 4.90 Å². The SMILES string of the molecule is CC(C)CNS(=O)(=O)c1ccc(C(=O)NC2CCNC(C)C2)cc1. The minimum Gasteiger partial charge on any atom is -0.349 e. The van der Waals surface area contributed by atoms with Crippen LogP contribution in [0.15, 0.2) is 29.2 Å². The summed E-state index contributed by atoms with van der Waals surface area (Å²) in [7, 11) is -3.52. The first-order valence-corrected chi connectivity index (χ1v) is 9.90. The Kier molecular flexibility index (Phi) is 6.37. The van der Waals surface area contributed by atoms with E-state index in [1.807, 2.05) is 13.8 Å². The lowest BCUT2D eigenvalue weighted by atomic mass is 10.0. The second-order valence-corrected chi connectivity index (χ2v) is 8.59. The highest BCUT2D eigenvalue weighted by atomic mass is 32.2. The first-order chi connectivity index (χ1) is 11.3. The maximum Gasteiger partial charge on any atom is 0.251 e. The molecule has 24 heavy (non-hydrogen) atoms. The normalized spacial score (nSPS) is 21.7. The van der Waals surface area contributed by atoms with Gasteiger partial charge in [0.25, 0.3) is 5.91 Å². The van der Waals surface area contributed by atoms with Crippen LogP contribution in [0.3, 0.4) is 0 Å². The molecule has 1 saturated heterocycles. The number of hydrogen-bond acceptors (Lipinski definition) is 4. The van der Waals surface area contributed by atoms with Gasteiger partial charge in [-0.05, 0) is 56.5 Å². The van der Waals surface area contributed by atoms with E-state index in [0.29, 0.717) is 18.2 Å². The Hall–Kier alpha value is -1.44. The van der Waals surface area contributed by atoms with E-state index in [9.17, 15) is 13.2 Å². The van der Waals surface area contributed by atoms with Crippen LogP contribution in [0, 0.1) is 5.92 Å². The van der Waals surface area contributed by atoms with Crippen LogP contribution >= 0.6 is 0 Å². The zero-order chi connectivity index (χ0) is 17.7. The summed E-state index contributed by atoms with van der Waals surface area (Å²) in [5, 5.41) is 6.36. The summed E-state index contributed by atoms with van der Waals surface area (Å²) in [5.74, 6) is 0.0744. The number of amides is 1. The molecule has 3 N–H and O–H groups in total. The largest absolute Gasteiger partial charge is 0.349 e. The van der Waals surface area contributed by atoms with Crippen molar-refractivity contribution in [2.24, 2.45) is 5.92 Å². The fraction of sp³-hybridized carbons (Fsp3) is 0.588. The molecular formula is C17H27N3O3S. The number of sulfonamides is 1. The average molecular weight is 353 g/mol. The lowest BCUT2D eigenvalue weighted by molar-refractivity contribution is 0.0925. The molecule has 0 aliphatic carbocycles. The van der Waals surface area contributed by atoms with Crippen molar-refractivity contribution in [3.8, 4) is 0 Å². The topological polar surface area (TPSA) is 87.3 Å². The van der Waals surface area contributed by atoms with Crippen LogP contribution < -0.4 is 15.4 Å². The van der Waals surface area contributed by atoms with E-state index < -0.39 is 10.0 Å². The number of nitrogens with one attached hydrogen (secondary N) is 3. The first kappa shape index (κ1) is 18.9. The molecule has 1 heterocycles. The highest BCUT2D eigenvalue weighted by Gasteiger charge is 2.21. The highest BCUT2D eigenvalue weighted by molar-refractivity contribution is 7.89. The molecule has 134 valence electrons. The molecule has 2 rings (SSSR count). The van der Waals surface area contributed by atoms with Gasteiger partial charge in [-0.15, -0.1) is 0 Å². The van der Waals surface area contributed by atoms with Crippen LogP contribution in [0.5, 0.6) is 0 Å². The van der Waals surface area contributed by atoms with Gasteiger partial charge in [-0.1, -0.05) is 13.8 Å². The van der Waals surface area contributed by atoms with Gasteiger partial charge in [-0.3, -0.25) is 4.79 Å². The summed E-state index contributed by atoms with van der Waals surface area (Å²) in [5.41, 5.74) is 0.476. The van der Waals surface area contributed by atoms with Gasteiger partial charge in [0, 0.05) is 24.2 Å². The van der Waals surface area contributed by atoms with Crippen molar-refractivity contribution >= 4 is 15.9 Å². The van der Waals surface area contributed by atoms with Crippen LogP contribution in [-0.4, -0.2) is 39.5 Å². The molecule has 7 heteroatoms. The number of hydrogen-bond donors (Lipinski definition) is 3. The van der Waals surface area contributed by atoms with Crippen LogP contribution in [0.4, 0.5) is 0 Å². The van der Waals surface area contributed by atoms with Crippen molar-refractivity contribution in [3.05, 3.63) is 29.8 Å². The Bertz CT molecular complexity index is 656.